The highest BCUT2D eigenvalue weighted by Gasteiger charge is 2.21. The molecule has 1 atom stereocenters. The zero-order chi connectivity index (χ0) is 17.8. The Morgan fingerprint density at radius 2 is 2.00 bits per heavy atom. The fourth-order valence-electron chi connectivity index (χ4n) is 2.47. The maximum absolute atomic E-state index is 13.6. The Bertz CT molecular complexity index is 879. The fourth-order valence-corrected chi connectivity index (χ4v) is 2.60. The predicted molar refractivity (Wildman–Crippen MR) is 95.1 cm³/mol. The summed E-state index contributed by atoms with van der Waals surface area (Å²) >= 11 is 5.84. The normalized spacial score (nSPS) is 11.8. The highest BCUT2D eigenvalue weighted by molar-refractivity contribution is 6.30. The number of hydrogen-bond donors (Lipinski definition) is 2. The van der Waals surface area contributed by atoms with Crippen LogP contribution in [-0.2, 0) is 7.05 Å². The maximum Gasteiger partial charge on any atom is 0.320 e. The molecule has 3 rings (SSSR count). The Hall–Kier alpha value is -2.86. The first-order valence-electron chi connectivity index (χ1n) is 7.59. The Kier molecular flexibility index (Phi) is 5.00. The molecule has 3 aromatic rings. The minimum absolute atomic E-state index is 0.378. The van der Waals surface area contributed by atoms with Crippen molar-refractivity contribution in [2.45, 2.75) is 6.04 Å². The van der Waals surface area contributed by atoms with E-state index in [1.54, 1.807) is 53.4 Å². The second-order valence-electron chi connectivity index (χ2n) is 5.49. The van der Waals surface area contributed by atoms with Gasteiger partial charge in [0.25, 0.3) is 0 Å². The first kappa shape index (κ1) is 17.0. The number of nitrogens with one attached hydrogen (secondary N) is 2. The summed E-state index contributed by atoms with van der Waals surface area (Å²) in [7, 11) is 1.81. The van der Waals surface area contributed by atoms with E-state index >= 15 is 0 Å². The molecule has 2 aromatic carbocycles. The van der Waals surface area contributed by atoms with Crippen molar-refractivity contribution in [3.8, 4) is 0 Å². The lowest BCUT2D eigenvalue weighted by Gasteiger charge is -2.19. The number of imidazole rings is 1. The molecule has 0 saturated carbocycles. The van der Waals surface area contributed by atoms with E-state index in [4.69, 9.17) is 11.6 Å². The third kappa shape index (κ3) is 4.16. The quantitative estimate of drug-likeness (QED) is 0.737. The summed E-state index contributed by atoms with van der Waals surface area (Å²) in [4.78, 5) is 16.7. The summed E-state index contributed by atoms with van der Waals surface area (Å²) in [5.74, 6) is 0.216. The Morgan fingerprint density at radius 3 is 2.64 bits per heavy atom. The summed E-state index contributed by atoms with van der Waals surface area (Å²) < 4.78 is 15.4. The smallest absolute Gasteiger partial charge is 0.320 e. The molecule has 0 aliphatic carbocycles. The lowest BCUT2D eigenvalue weighted by atomic mass is 10.1. The molecule has 0 spiro atoms. The second kappa shape index (κ2) is 7.36. The van der Waals surface area contributed by atoms with Gasteiger partial charge < -0.3 is 15.2 Å². The van der Waals surface area contributed by atoms with Crippen LogP contribution in [0.1, 0.15) is 17.4 Å². The molecule has 0 fully saturated rings. The van der Waals surface area contributed by atoms with Gasteiger partial charge in [0.2, 0.25) is 0 Å². The number of nitrogens with zero attached hydrogens (tertiary/aromatic N) is 2. The van der Waals surface area contributed by atoms with Crippen molar-refractivity contribution >= 4 is 23.3 Å². The molecule has 0 saturated heterocycles. The van der Waals surface area contributed by atoms with Gasteiger partial charge in [-0.2, -0.15) is 0 Å². The van der Waals surface area contributed by atoms with Crippen LogP contribution in [0.2, 0.25) is 5.02 Å². The molecule has 1 aromatic heterocycles. The molecule has 1 heterocycles. The monoisotopic (exact) mass is 358 g/mol. The Balaban J connectivity index is 1.83. The second-order valence-corrected chi connectivity index (χ2v) is 5.93. The lowest BCUT2D eigenvalue weighted by molar-refractivity contribution is 0.249. The van der Waals surface area contributed by atoms with Gasteiger partial charge in [-0.05, 0) is 42.0 Å². The zero-order valence-corrected chi connectivity index (χ0v) is 14.2. The van der Waals surface area contributed by atoms with Gasteiger partial charge in [-0.15, -0.1) is 0 Å². The van der Waals surface area contributed by atoms with Gasteiger partial charge in [0.1, 0.15) is 17.7 Å². The van der Waals surface area contributed by atoms with Gasteiger partial charge in [0.05, 0.1) is 0 Å². The van der Waals surface area contributed by atoms with E-state index < -0.39 is 12.1 Å². The average Bonchev–Trinajstić information content (AvgIpc) is 3.00. The standard InChI is InChI=1S/C18H16ClFN4O/c1-24-10-9-21-17(24)16(12-3-2-4-14(20)11-12)23-18(25)22-15-7-5-13(19)6-8-15/h2-11,16H,1H3,(H2,22,23,25). The number of carbonyl (C=O) groups is 1. The van der Waals surface area contributed by atoms with E-state index in [1.165, 1.54) is 12.1 Å². The largest absolute Gasteiger partial charge is 0.336 e. The van der Waals surface area contributed by atoms with Crippen molar-refractivity contribution in [3.05, 3.63) is 83.2 Å². The molecule has 0 radical (unpaired) electrons. The number of aromatic nitrogens is 2. The zero-order valence-electron chi connectivity index (χ0n) is 13.4. The number of anilines is 1. The van der Waals surface area contributed by atoms with Gasteiger partial charge in [-0.25, -0.2) is 14.2 Å². The van der Waals surface area contributed by atoms with Crippen LogP contribution in [0.15, 0.2) is 60.9 Å². The van der Waals surface area contributed by atoms with Crippen molar-refractivity contribution in [2.75, 3.05) is 5.32 Å². The van der Waals surface area contributed by atoms with Gasteiger partial charge in [-0.1, -0.05) is 23.7 Å². The van der Waals surface area contributed by atoms with Gasteiger partial charge in [0, 0.05) is 30.2 Å². The first-order valence-corrected chi connectivity index (χ1v) is 7.96. The van der Waals surface area contributed by atoms with E-state index in [9.17, 15) is 9.18 Å². The molecular formula is C18H16ClFN4O. The maximum atomic E-state index is 13.6. The van der Waals surface area contributed by atoms with Crippen LogP contribution in [0.3, 0.4) is 0 Å². The number of aryl methyl sites for hydroxylation is 1. The van der Waals surface area contributed by atoms with Crippen LogP contribution in [0.4, 0.5) is 14.9 Å². The van der Waals surface area contributed by atoms with Crippen LogP contribution < -0.4 is 10.6 Å². The average molecular weight is 359 g/mol. The third-order valence-electron chi connectivity index (χ3n) is 3.68. The summed E-state index contributed by atoms with van der Waals surface area (Å²) in [6.45, 7) is 0. The SMILES string of the molecule is Cn1ccnc1C(NC(=O)Nc1ccc(Cl)cc1)c1cccc(F)c1. The van der Waals surface area contributed by atoms with E-state index in [0.29, 0.717) is 22.1 Å². The topological polar surface area (TPSA) is 59.0 Å². The van der Waals surface area contributed by atoms with Crippen LogP contribution in [0.25, 0.3) is 0 Å². The van der Waals surface area contributed by atoms with E-state index in [1.807, 2.05) is 7.05 Å². The molecule has 0 aliphatic rings. The molecule has 2 amide bonds. The number of carbonyl (C=O) groups excluding carboxylic acids is 1. The molecular weight excluding hydrogens is 343 g/mol. The number of urea groups is 1. The lowest BCUT2D eigenvalue weighted by Crippen LogP contribution is -2.34. The van der Waals surface area contributed by atoms with Crippen LogP contribution >= 0.6 is 11.6 Å². The minimum atomic E-state index is -0.594. The van der Waals surface area contributed by atoms with Crippen molar-refractivity contribution in [1.29, 1.82) is 0 Å². The first-order chi connectivity index (χ1) is 12.0. The van der Waals surface area contributed by atoms with E-state index in [-0.39, 0.29) is 5.82 Å². The molecule has 0 bridgehead atoms. The third-order valence-corrected chi connectivity index (χ3v) is 3.93. The van der Waals surface area contributed by atoms with Gasteiger partial charge in [-0.3, -0.25) is 0 Å². The van der Waals surface area contributed by atoms with Crippen LogP contribution in [-0.4, -0.2) is 15.6 Å². The fraction of sp³-hybridized carbons (Fsp3) is 0.111. The summed E-state index contributed by atoms with van der Waals surface area (Å²) in [5.41, 5.74) is 1.19. The van der Waals surface area contributed by atoms with Crippen molar-refractivity contribution in [3.63, 3.8) is 0 Å². The Morgan fingerprint density at radius 1 is 1.24 bits per heavy atom. The van der Waals surface area contributed by atoms with Crippen LogP contribution in [0.5, 0.6) is 0 Å². The molecule has 25 heavy (non-hydrogen) atoms. The van der Waals surface area contributed by atoms with E-state index in [2.05, 4.69) is 15.6 Å². The molecule has 5 nitrogen and oxygen atoms in total. The van der Waals surface area contributed by atoms with Crippen molar-refractivity contribution in [1.82, 2.24) is 14.9 Å². The molecule has 7 heteroatoms. The summed E-state index contributed by atoms with van der Waals surface area (Å²) in [6, 6.07) is 11.8. The number of amides is 2. The number of hydrogen-bond acceptors (Lipinski definition) is 2. The highest BCUT2D eigenvalue weighted by Crippen LogP contribution is 2.21. The summed E-state index contributed by atoms with van der Waals surface area (Å²) in [5, 5.41) is 6.14. The molecule has 1 unspecified atom stereocenters. The van der Waals surface area contributed by atoms with Gasteiger partial charge in [0.15, 0.2) is 0 Å². The number of benzene rings is 2. The number of rotatable bonds is 4. The number of halogens is 2. The minimum Gasteiger partial charge on any atom is -0.336 e. The van der Waals surface area contributed by atoms with E-state index in [0.717, 1.165) is 0 Å². The van der Waals surface area contributed by atoms with Crippen molar-refractivity contribution in [2.24, 2.45) is 7.05 Å². The van der Waals surface area contributed by atoms with Crippen LogP contribution in [0, 0.1) is 5.82 Å². The summed E-state index contributed by atoms with van der Waals surface area (Å²) in [6.07, 6.45) is 3.39. The highest BCUT2D eigenvalue weighted by atomic mass is 35.5. The molecule has 0 aliphatic heterocycles. The molecule has 2 N–H and O–H groups in total. The Labute approximate surface area is 149 Å². The predicted octanol–water partition coefficient (Wildman–Crippen LogP) is 4.12. The van der Waals surface area contributed by atoms with Crippen molar-refractivity contribution < 1.29 is 9.18 Å². The van der Waals surface area contributed by atoms with Gasteiger partial charge >= 0.3 is 6.03 Å². The molecule has 128 valence electrons.